The average Bonchev–Trinajstić information content (AvgIpc) is 3.15. The van der Waals surface area contributed by atoms with Crippen LogP contribution in [-0.4, -0.2) is 64.0 Å². The lowest BCUT2D eigenvalue weighted by Gasteiger charge is -2.35. The topological polar surface area (TPSA) is 58.9 Å². The number of thiazole rings is 1. The number of carbonyl (C=O) groups is 1. The number of fused-ring (bicyclic) bond motifs is 1. The van der Waals surface area contributed by atoms with Crippen molar-refractivity contribution in [1.29, 1.82) is 0 Å². The molecule has 1 aliphatic rings. The number of ether oxygens (including phenoxy) is 1. The Hall–Kier alpha value is -1.09. The van der Waals surface area contributed by atoms with Crippen molar-refractivity contribution in [3.63, 3.8) is 0 Å². The minimum Gasteiger partial charge on any atom is -0.372 e. The smallest absolute Gasteiger partial charge is 0.274 e. The Balaban J connectivity index is 1.76. The van der Waals surface area contributed by atoms with Crippen molar-refractivity contribution < 1.29 is 9.53 Å². The summed E-state index contributed by atoms with van der Waals surface area (Å²) in [6, 6.07) is 0. The Kier molecular flexibility index (Phi) is 6.38. The highest BCUT2D eigenvalue weighted by molar-refractivity contribution is 7.98. The Morgan fingerprint density at radius 3 is 2.92 bits per heavy atom. The summed E-state index contributed by atoms with van der Waals surface area (Å²) in [5.74, 6) is 1.15. The van der Waals surface area contributed by atoms with Crippen molar-refractivity contribution in [2.45, 2.75) is 39.0 Å². The molecule has 3 rings (SSSR count). The SMILES string of the molecule is CSCCCNCc1c(C(=O)N2C[C@@H](C)O[C@@H](C)C2)nc2sccn12. The van der Waals surface area contributed by atoms with Crippen LogP contribution < -0.4 is 5.32 Å². The third-order valence-electron chi connectivity index (χ3n) is 4.26. The van der Waals surface area contributed by atoms with Crippen molar-refractivity contribution in [2.75, 3.05) is 31.6 Å². The summed E-state index contributed by atoms with van der Waals surface area (Å²) in [6.45, 7) is 6.86. The first-order valence-corrected chi connectivity index (χ1v) is 11.0. The van der Waals surface area contributed by atoms with Crippen LogP contribution in [0.3, 0.4) is 0 Å². The molecule has 2 atom stereocenters. The van der Waals surface area contributed by atoms with Gasteiger partial charge in [0, 0.05) is 31.2 Å². The highest BCUT2D eigenvalue weighted by atomic mass is 32.2. The summed E-state index contributed by atoms with van der Waals surface area (Å²) in [5.41, 5.74) is 1.53. The number of nitrogens with one attached hydrogen (secondary N) is 1. The average molecular weight is 383 g/mol. The molecule has 1 saturated heterocycles. The van der Waals surface area contributed by atoms with Gasteiger partial charge in [-0.25, -0.2) is 4.98 Å². The molecular formula is C17H26N4O2S2. The molecule has 1 amide bonds. The first kappa shape index (κ1) is 18.7. The third-order valence-corrected chi connectivity index (χ3v) is 5.72. The lowest BCUT2D eigenvalue weighted by molar-refractivity contribution is -0.0587. The number of nitrogens with zero attached hydrogens (tertiary/aromatic N) is 3. The predicted octanol–water partition coefficient (Wildman–Crippen LogP) is 2.49. The number of thioether (sulfide) groups is 1. The van der Waals surface area contributed by atoms with E-state index in [9.17, 15) is 4.79 Å². The van der Waals surface area contributed by atoms with E-state index in [4.69, 9.17) is 4.74 Å². The molecule has 2 aromatic heterocycles. The minimum atomic E-state index is 0.0128. The van der Waals surface area contributed by atoms with Gasteiger partial charge in [-0.1, -0.05) is 0 Å². The first-order valence-electron chi connectivity index (χ1n) is 8.69. The molecule has 0 saturated carbocycles. The quantitative estimate of drug-likeness (QED) is 0.746. The maximum atomic E-state index is 13.1. The second-order valence-corrected chi connectivity index (χ2v) is 8.31. The molecule has 0 aliphatic carbocycles. The van der Waals surface area contributed by atoms with Crippen LogP contribution in [0.25, 0.3) is 4.96 Å². The van der Waals surface area contributed by atoms with E-state index in [1.807, 2.05) is 46.5 Å². The Morgan fingerprint density at radius 2 is 2.20 bits per heavy atom. The zero-order chi connectivity index (χ0) is 17.8. The van der Waals surface area contributed by atoms with E-state index in [0.29, 0.717) is 25.3 Å². The maximum absolute atomic E-state index is 13.1. The Bertz CT molecular complexity index is 705. The van der Waals surface area contributed by atoms with Crippen LogP contribution in [0.2, 0.25) is 0 Å². The van der Waals surface area contributed by atoms with Gasteiger partial charge in [0.25, 0.3) is 5.91 Å². The zero-order valence-corrected chi connectivity index (χ0v) is 16.7. The Labute approximate surface area is 156 Å². The van der Waals surface area contributed by atoms with Gasteiger partial charge in [0.15, 0.2) is 10.7 Å². The molecule has 0 bridgehead atoms. The highest BCUT2D eigenvalue weighted by Gasteiger charge is 2.30. The van der Waals surface area contributed by atoms with E-state index in [0.717, 1.165) is 29.4 Å². The molecule has 8 heteroatoms. The van der Waals surface area contributed by atoms with E-state index < -0.39 is 0 Å². The van der Waals surface area contributed by atoms with Gasteiger partial charge in [0.2, 0.25) is 0 Å². The zero-order valence-electron chi connectivity index (χ0n) is 15.0. The molecule has 0 spiro atoms. The molecule has 0 unspecified atom stereocenters. The van der Waals surface area contributed by atoms with Crippen LogP contribution in [0.1, 0.15) is 36.5 Å². The molecule has 1 aliphatic heterocycles. The molecule has 25 heavy (non-hydrogen) atoms. The van der Waals surface area contributed by atoms with Crippen molar-refractivity contribution in [1.82, 2.24) is 19.6 Å². The van der Waals surface area contributed by atoms with Crippen molar-refractivity contribution in [2.24, 2.45) is 0 Å². The summed E-state index contributed by atoms with van der Waals surface area (Å²) in [7, 11) is 0. The molecular weight excluding hydrogens is 356 g/mol. The number of hydrogen-bond acceptors (Lipinski definition) is 6. The molecule has 1 fully saturated rings. The van der Waals surface area contributed by atoms with Gasteiger partial charge in [-0.15, -0.1) is 11.3 Å². The van der Waals surface area contributed by atoms with E-state index in [1.165, 1.54) is 0 Å². The number of amides is 1. The third kappa shape index (κ3) is 4.36. The largest absolute Gasteiger partial charge is 0.372 e. The number of hydrogen-bond donors (Lipinski definition) is 1. The van der Waals surface area contributed by atoms with Gasteiger partial charge in [-0.3, -0.25) is 9.20 Å². The van der Waals surface area contributed by atoms with E-state index in [2.05, 4.69) is 16.6 Å². The molecule has 1 N–H and O–H groups in total. The monoisotopic (exact) mass is 382 g/mol. The van der Waals surface area contributed by atoms with E-state index in [-0.39, 0.29) is 18.1 Å². The molecule has 0 aromatic carbocycles. The van der Waals surface area contributed by atoms with Gasteiger partial charge in [-0.05, 0) is 38.8 Å². The van der Waals surface area contributed by atoms with Crippen LogP contribution in [0.4, 0.5) is 0 Å². The summed E-state index contributed by atoms with van der Waals surface area (Å²) in [6.07, 6.45) is 5.35. The van der Waals surface area contributed by atoms with Crippen molar-refractivity contribution in [3.05, 3.63) is 23.0 Å². The fourth-order valence-corrected chi connectivity index (χ4v) is 4.38. The highest BCUT2D eigenvalue weighted by Crippen LogP contribution is 2.21. The lowest BCUT2D eigenvalue weighted by atomic mass is 10.2. The number of aromatic nitrogens is 2. The number of carbonyl (C=O) groups excluding carboxylic acids is 1. The predicted molar refractivity (Wildman–Crippen MR) is 104 cm³/mol. The summed E-state index contributed by atoms with van der Waals surface area (Å²) >= 11 is 3.41. The van der Waals surface area contributed by atoms with Gasteiger partial charge < -0.3 is 15.0 Å². The molecule has 6 nitrogen and oxygen atoms in total. The molecule has 138 valence electrons. The van der Waals surface area contributed by atoms with Crippen molar-refractivity contribution in [3.8, 4) is 0 Å². The Morgan fingerprint density at radius 1 is 1.44 bits per heavy atom. The molecule has 0 radical (unpaired) electrons. The van der Waals surface area contributed by atoms with Crippen LogP contribution in [0, 0.1) is 0 Å². The summed E-state index contributed by atoms with van der Waals surface area (Å²) in [5, 5.41) is 5.46. The second kappa shape index (κ2) is 8.53. The minimum absolute atomic E-state index is 0.0128. The van der Waals surface area contributed by atoms with Gasteiger partial charge >= 0.3 is 0 Å². The van der Waals surface area contributed by atoms with E-state index >= 15 is 0 Å². The number of imidazole rings is 1. The van der Waals surface area contributed by atoms with Crippen LogP contribution >= 0.6 is 23.1 Å². The number of morpholine rings is 1. The van der Waals surface area contributed by atoms with Gasteiger partial charge in [0.1, 0.15) is 0 Å². The van der Waals surface area contributed by atoms with Crippen LogP contribution in [-0.2, 0) is 11.3 Å². The standard InChI is InChI=1S/C17H26N4O2S2/c1-12-10-20(11-13(2)23-12)16(22)15-14(9-18-5-4-7-24-3)21-6-8-25-17(21)19-15/h6,8,12-13,18H,4-5,7,9-11H2,1-3H3/t12-,13+. The van der Waals surface area contributed by atoms with Gasteiger partial charge in [0.05, 0.1) is 17.9 Å². The normalized spacial score (nSPS) is 21.2. The maximum Gasteiger partial charge on any atom is 0.274 e. The first-order chi connectivity index (χ1) is 12.1. The van der Waals surface area contributed by atoms with Crippen LogP contribution in [0.15, 0.2) is 11.6 Å². The lowest BCUT2D eigenvalue weighted by Crippen LogP contribution is -2.48. The molecule has 3 heterocycles. The fourth-order valence-electron chi connectivity index (χ4n) is 3.21. The van der Waals surface area contributed by atoms with Crippen molar-refractivity contribution >= 4 is 34.0 Å². The second-order valence-electron chi connectivity index (χ2n) is 6.45. The number of rotatable bonds is 7. The van der Waals surface area contributed by atoms with Crippen LogP contribution in [0.5, 0.6) is 0 Å². The van der Waals surface area contributed by atoms with E-state index in [1.54, 1.807) is 11.3 Å². The molecule has 2 aromatic rings. The summed E-state index contributed by atoms with van der Waals surface area (Å²) in [4.78, 5) is 20.5. The van der Waals surface area contributed by atoms with Gasteiger partial charge in [-0.2, -0.15) is 11.8 Å². The summed E-state index contributed by atoms with van der Waals surface area (Å²) < 4.78 is 7.78. The fraction of sp³-hybridized carbons (Fsp3) is 0.647.